The van der Waals surface area contributed by atoms with Crippen molar-refractivity contribution in [1.82, 2.24) is 4.98 Å². The van der Waals surface area contributed by atoms with Crippen LogP contribution < -0.4 is 4.74 Å². The lowest BCUT2D eigenvalue weighted by atomic mass is 9.91. The fourth-order valence-electron chi connectivity index (χ4n) is 7.15. The molecule has 0 amide bonds. The Bertz CT molecular complexity index is 2460. The lowest BCUT2D eigenvalue weighted by molar-refractivity contribution is -0.137. The fourth-order valence-corrected chi connectivity index (χ4v) is 7.15. The highest BCUT2D eigenvalue weighted by atomic mass is 19.4. The number of nitrogens with zero attached hydrogens (tertiary/aromatic N) is 1. The average Bonchev–Trinajstić information content (AvgIpc) is 3.52. The number of halogens is 3. The summed E-state index contributed by atoms with van der Waals surface area (Å²) in [6.45, 7) is 0.234. The van der Waals surface area contributed by atoms with Crippen LogP contribution in [0, 0.1) is 0 Å². The van der Waals surface area contributed by atoms with E-state index < -0.39 is 17.7 Å². The highest BCUT2D eigenvalue weighted by Crippen LogP contribution is 2.45. The van der Waals surface area contributed by atoms with Gasteiger partial charge in [0.2, 0.25) is 0 Å². The summed E-state index contributed by atoms with van der Waals surface area (Å²) < 4.78 is 50.0. The van der Waals surface area contributed by atoms with Gasteiger partial charge in [-0.3, -0.25) is 4.79 Å². The van der Waals surface area contributed by atoms with Gasteiger partial charge in [-0.25, -0.2) is 4.98 Å². The normalized spacial score (nSPS) is 12.1. The lowest BCUT2D eigenvalue weighted by Crippen LogP contribution is -2.07. The zero-order valence-electron chi connectivity index (χ0n) is 28.0. The number of hydrogen-bond acceptors (Lipinski definition) is 3. The van der Waals surface area contributed by atoms with Gasteiger partial charge < -0.3 is 9.84 Å². The molecule has 0 fully saturated rings. The second-order valence-electron chi connectivity index (χ2n) is 13.1. The molecule has 1 heterocycles. The molecule has 52 heavy (non-hydrogen) atoms. The Hall–Kier alpha value is -6.21. The minimum absolute atomic E-state index is 0.0613. The third-order valence-electron chi connectivity index (χ3n) is 9.59. The summed E-state index contributed by atoms with van der Waals surface area (Å²) in [6.07, 6.45) is -3.35. The van der Waals surface area contributed by atoms with E-state index in [1.54, 1.807) is 18.2 Å². The van der Waals surface area contributed by atoms with Gasteiger partial charge in [-0.2, -0.15) is 13.2 Å². The monoisotopic (exact) mass is 691 g/mol. The molecule has 1 aliphatic carbocycles. The number of hydrogen-bond donors (Lipinski definition) is 1. The molecule has 0 spiro atoms. The Morgan fingerprint density at radius 2 is 1.40 bits per heavy atom. The van der Waals surface area contributed by atoms with Crippen LogP contribution in [-0.4, -0.2) is 16.1 Å². The number of aromatic nitrogens is 1. The highest BCUT2D eigenvalue weighted by molar-refractivity contribution is 5.99. The number of ether oxygens (including phenoxy) is 1. The maximum Gasteiger partial charge on any atom is 0.418 e. The van der Waals surface area contributed by atoms with E-state index in [9.17, 15) is 18.0 Å². The third-order valence-corrected chi connectivity index (χ3v) is 9.59. The van der Waals surface area contributed by atoms with Crippen molar-refractivity contribution in [1.29, 1.82) is 0 Å². The summed E-state index contributed by atoms with van der Waals surface area (Å²) in [5.74, 6) is -0.351. The first kappa shape index (κ1) is 33.0. The first-order valence-corrected chi connectivity index (χ1v) is 17.0. The van der Waals surface area contributed by atoms with Gasteiger partial charge >= 0.3 is 12.1 Å². The van der Waals surface area contributed by atoms with Crippen LogP contribution in [-0.2, 0) is 36.8 Å². The molecular formula is C45H32F3NO3. The van der Waals surface area contributed by atoms with Crippen LogP contribution in [0.25, 0.3) is 44.4 Å². The van der Waals surface area contributed by atoms with Gasteiger partial charge in [-0.1, -0.05) is 109 Å². The number of fused-ring (bicyclic) bond motifs is 4. The van der Waals surface area contributed by atoms with Crippen molar-refractivity contribution in [2.75, 3.05) is 0 Å². The molecule has 0 unspecified atom stereocenters. The number of rotatable bonds is 9. The van der Waals surface area contributed by atoms with E-state index in [0.29, 0.717) is 46.4 Å². The zero-order valence-corrected chi connectivity index (χ0v) is 28.0. The Labute approximate surface area is 298 Å². The van der Waals surface area contributed by atoms with E-state index in [1.807, 2.05) is 72.8 Å². The number of carbonyl (C=O) groups is 1. The summed E-state index contributed by atoms with van der Waals surface area (Å²) in [7, 11) is 0. The van der Waals surface area contributed by atoms with E-state index in [0.717, 1.165) is 45.0 Å². The standard InChI is InChI=1S/C45H32F3NO3/c46-45(47,48)41-15-7-14-36-37(32-11-6-12-34(24-32)52-27-30-18-16-29(17-19-30)23-43(50)51)26-42(49-44(36)41)40-22-31(20-28-8-2-1-3-9-28)21-38-35-13-5-4-10-33(35)25-39(38)40/h1-19,21-22,24,26H,20,23,25,27H2,(H,50,51). The SMILES string of the molecule is O=C(O)Cc1ccc(COc2cccc(-c3cc(-c4cc(Cc5ccccc5)cc5c4Cc4ccccc4-5)nc4c(C(F)(F)F)cccc34)c2)cc1. The number of benzene rings is 6. The Balaban J connectivity index is 1.25. The summed E-state index contributed by atoms with van der Waals surface area (Å²) in [6, 6.07) is 43.3. The number of pyridine rings is 1. The average molecular weight is 692 g/mol. The second-order valence-corrected chi connectivity index (χ2v) is 13.1. The fraction of sp³-hybridized carbons (Fsp3) is 0.111. The second kappa shape index (κ2) is 13.5. The molecule has 0 aliphatic heterocycles. The predicted molar refractivity (Wildman–Crippen MR) is 197 cm³/mol. The van der Waals surface area contributed by atoms with Crippen LogP contribution in [0.3, 0.4) is 0 Å². The molecule has 0 radical (unpaired) electrons. The summed E-state index contributed by atoms with van der Waals surface area (Å²) in [4.78, 5) is 15.9. The Morgan fingerprint density at radius 3 is 2.19 bits per heavy atom. The molecule has 1 N–H and O–H groups in total. The summed E-state index contributed by atoms with van der Waals surface area (Å²) in [5, 5.41) is 9.47. The van der Waals surface area contributed by atoms with Gasteiger partial charge in [0.05, 0.1) is 23.2 Å². The first-order valence-electron chi connectivity index (χ1n) is 17.0. The van der Waals surface area contributed by atoms with E-state index in [2.05, 4.69) is 36.4 Å². The van der Waals surface area contributed by atoms with E-state index in [-0.39, 0.29) is 18.5 Å². The minimum atomic E-state index is -4.61. The van der Waals surface area contributed by atoms with Gasteiger partial charge in [0.1, 0.15) is 12.4 Å². The number of carboxylic acids is 1. The molecule has 7 aromatic rings. The smallest absolute Gasteiger partial charge is 0.418 e. The molecule has 4 nitrogen and oxygen atoms in total. The number of carboxylic acid groups (broad SMARTS) is 1. The Kier molecular flexibility index (Phi) is 8.55. The minimum Gasteiger partial charge on any atom is -0.489 e. The van der Waals surface area contributed by atoms with Gasteiger partial charge in [0.25, 0.3) is 0 Å². The van der Waals surface area contributed by atoms with Gasteiger partial charge in [0.15, 0.2) is 0 Å². The van der Waals surface area contributed by atoms with Crippen molar-refractivity contribution >= 4 is 16.9 Å². The molecule has 1 aliphatic rings. The molecule has 0 bridgehead atoms. The maximum absolute atomic E-state index is 14.6. The molecule has 8 rings (SSSR count). The van der Waals surface area contributed by atoms with Crippen molar-refractivity contribution in [2.45, 2.75) is 32.0 Å². The summed E-state index contributed by atoms with van der Waals surface area (Å²) in [5.41, 5.74) is 9.90. The van der Waals surface area contributed by atoms with Crippen molar-refractivity contribution < 1.29 is 27.8 Å². The predicted octanol–water partition coefficient (Wildman–Crippen LogP) is 11.0. The quantitative estimate of drug-likeness (QED) is 0.164. The van der Waals surface area contributed by atoms with Gasteiger partial charge in [-0.15, -0.1) is 0 Å². The number of para-hydroxylation sites is 1. The third kappa shape index (κ3) is 6.65. The van der Waals surface area contributed by atoms with Gasteiger partial charge in [0, 0.05) is 10.9 Å². The van der Waals surface area contributed by atoms with Crippen molar-refractivity contribution in [3.63, 3.8) is 0 Å². The topological polar surface area (TPSA) is 59.4 Å². The van der Waals surface area contributed by atoms with Crippen LogP contribution in [0.5, 0.6) is 5.75 Å². The molecule has 0 atom stereocenters. The first-order chi connectivity index (χ1) is 25.2. The maximum atomic E-state index is 14.6. The van der Waals surface area contributed by atoms with Crippen LogP contribution in [0.2, 0.25) is 0 Å². The van der Waals surface area contributed by atoms with Crippen molar-refractivity contribution in [3.05, 3.63) is 178 Å². The molecular weight excluding hydrogens is 659 g/mol. The van der Waals surface area contributed by atoms with Crippen molar-refractivity contribution in [3.8, 4) is 39.3 Å². The largest absolute Gasteiger partial charge is 0.489 e. The molecule has 6 aromatic carbocycles. The lowest BCUT2D eigenvalue weighted by Gasteiger charge is -2.18. The molecule has 1 aromatic heterocycles. The molecule has 0 saturated heterocycles. The van der Waals surface area contributed by atoms with E-state index in [1.165, 1.54) is 11.6 Å². The Morgan fingerprint density at radius 1 is 0.673 bits per heavy atom. The van der Waals surface area contributed by atoms with Crippen LogP contribution >= 0.6 is 0 Å². The van der Waals surface area contributed by atoms with Crippen LogP contribution in [0.1, 0.15) is 38.9 Å². The highest BCUT2D eigenvalue weighted by Gasteiger charge is 2.34. The number of aliphatic carboxylic acids is 1. The van der Waals surface area contributed by atoms with Crippen LogP contribution in [0.4, 0.5) is 13.2 Å². The molecule has 256 valence electrons. The number of alkyl halides is 3. The molecule has 0 saturated carbocycles. The summed E-state index contributed by atoms with van der Waals surface area (Å²) >= 11 is 0. The van der Waals surface area contributed by atoms with Crippen LogP contribution in [0.15, 0.2) is 140 Å². The molecule has 7 heteroatoms. The van der Waals surface area contributed by atoms with E-state index in [4.69, 9.17) is 14.8 Å². The van der Waals surface area contributed by atoms with E-state index >= 15 is 0 Å². The zero-order chi connectivity index (χ0) is 35.8. The van der Waals surface area contributed by atoms with Gasteiger partial charge in [-0.05, 0) is 98.8 Å². The van der Waals surface area contributed by atoms with Crippen molar-refractivity contribution in [2.24, 2.45) is 0 Å².